The average Bonchev–Trinajstić information content (AvgIpc) is 2.43. The molecule has 0 saturated heterocycles. The number of hydrogen-bond donors (Lipinski definition) is 1. The summed E-state index contributed by atoms with van der Waals surface area (Å²) < 4.78 is 16.2. The third kappa shape index (κ3) is 5.91. The Morgan fingerprint density at radius 1 is 1.33 bits per heavy atom. The van der Waals surface area contributed by atoms with Crippen LogP contribution in [0, 0.1) is 0 Å². The molecule has 5 nitrogen and oxygen atoms in total. The number of rotatable bonds is 7. The monoisotopic (exact) mass is 315 g/mol. The molecule has 0 aliphatic rings. The second-order valence-electron chi connectivity index (χ2n) is 4.77. The molecular formula is C15H22ClNO4. The molecule has 1 amide bonds. The minimum atomic E-state index is -0.718. The third-order valence-corrected chi connectivity index (χ3v) is 2.97. The molecule has 118 valence electrons. The van der Waals surface area contributed by atoms with Gasteiger partial charge in [0, 0.05) is 30.2 Å². The minimum Gasteiger partial charge on any atom is -0.420 e. The topological polar surface area (TPSA) is 56.8 Å². The fraction of sp³-hybridized carbons (Fsp3) is 0.533. The molecule has 6 heteroatoms. The minimum absolute atomic E-state index is 0.00297. The lowest BCUT2D eigenvalue weighted by Crippen LogP contribution is -2.35. The van der Waals surface area contributed by atoms with Crippen molar-refractivity contribution in [1.82, 2.24) is 5.32 Å². The van der Waals surface area contributed by atoms with Crippen LogP contribution >= 0.6 is 11.6 Å². The number of amides is 1. The van der Waals surface area contributed by atoms with Gasteiger partial charge in [-0.15, -0.1) is 0 Å². The first-order chi connectivity index (χ1) is 9.97. The van der Waals surface area contributed by atoms with Crippen LogP contribution in [0.25, 0.3) is 0 Å². The summed E-state index contributed by atoms with van der Waals surface area (Å²) in [6, 6.07) is 7.21. The van der Waals surface area contributed by atoms with E-state index in [9.17, 15) is 4.79 Å². The van der Waals surface area contributed by atoms with Crippen LogP contribution in [0.2, 0.25) is 5.02 Å². The quantitative estimate of drug-likeness (QED) is 0.776. The molecular weight excluding hydrogens is 294 g/mol. The normalized spacial score (nSPS) is 13.8. The van der Waals surface area contributed by atoms with Crippen molar-refractivity contribution in [3.63, 3.8) is 0 Å². The van der Waals surface area contributed by atoms with E-state index < -0.39 is 18.7 Å². The second-order valence-corrected chi connectivity index (χ2v) is 5.17. The number of alkyl carbamates (subject to hydrolysis) is 1. The summed E-state index contributed by atoms with van der Waals surface area (Å²) in [5.74, 6) is 0. The number of carbonyl (C=O) groups is 1. The van der Waals surface area contributed by atoms with Crippen molar-refractivity contribution in [2.45, 2.75) is 45.8 Å². The van der Waals surface area contributed by atoms with Gasteiger partial charge in [-0.2, -0.15) is 0 Å². The number of methoxy groups -OCH3 is 1. The zero-order valence-electron chi connectivity index (χ0n) is 12.8. The van der Waals surface area contributed by atoms with Gasteiger partial charge in [-0.3, -0.25) is 0 Å². The molecule has 0 bridgehead atoms. The van der Waals surface area contributed by atoms with Crippen molar-refractivity contribution in [1.29, 1.82) is 0 Å². The molecule has 0 saturated carbocycles. The summed E-state index contributed by atoms with van der Waals surface area (Å²) in [5, 5.41) is 3.18. The lowest BCUT2D eigenvalue weighted by Gasteiger charge is -2.24. The van der Waals surface area contributed by atoms with Gasteiger partial charge in [-0.05, 0) is 19.9 Å². The molecule has 1 aromatic rings. The van der Waals surface area contributed by atoms with Gasteiger partial charge in [-0.25, -0.2) is 4.79 Å². The van der Waals surface area contributed by atoms with Crippen molar-refractivity contribution in [3.05, 3.63) is 34.9 Å². The van der Waals surface area contributed by atoms with Gasteiger partial charge in [0.15, 0.2) is 6.29 Å². The van der Waals surface area contributed by atoms with Crippen LogP contribution in [0.15, 0.2) is 24.3 Å². The van der Waals surface area contributed by atoms with E-state index in [2.05, 4.69) is 5.32 Å². The lowest BCUT2D eigenvalue weighted by atomic mass is 10.2. The maximum absolute atomic E-state index is 11.6. The fourth-order valence-electron chi connectivity index (χ4n) is 1.66. The van der Waals surface area contributed by atoms with Gasteiger partial charge in [-0.1, -0.05) is 36.7 Å². The van der Waals surface area contributed by atoms with E-state index in [0.29, 0.717) is 17.0 Å². The number of nitrogens with one attached hydrogen (secondary N) is 1. The van der Waals surface area contributed by atoms with Gasteiger partial charge in [0.25, 0.3) is 0 Å². The zero-order chi connectivity index (χ0) is 15.8. The van der Waals surface area contributed by atoms with Gasteiger partial charge >= 0.3 is 6.09 Å². The average molecular weight is 316 g/mol. The first-order valence-corrected chi connectivity index (χ1v) is 7.25. The molecule has 1 aromatic carbocycles. The number of hydrogen-bond acceptors (Lipinski definition) is 4. The molecule has 1 N–H and O–H groups in total. The standard InChI is InChI=1S/C15H22ClNO4/c1-5-13(21-15(18)17-10(2)3)20-14(19-4)11-8-6-7-9-12(11)16/h6-10,13-14H,5H2,1-4H3,(H,17,18)/t13-,14-/m0/s1. The maximum atomic E-state index is 11.6. The lowest BCUT2D eigenvalue weighted by molar-refractivity contribution is -0.222. The van der Waals surface area contributed by atoms with Crippen molar-refractivity contribution >= 4 is 17.7 Å². The smallest absolute Gasteiger partial charge is 0.409 e. The molecule has 0 radical (unpaired) electrons. The highest BCUT2D eigenvalue weighted by atomic mass is 35.5. The predicted molar refractivity (Wildman–Crippen MR) is 81.1 cm³/mol. The molecule has 0 heterocycles. The highest BCUT2D eigenvalue weighted by molar-refractivity contribution is 6.31. The van der Waals surface area contributed by atoms with E-state index in [4.69, 9.17) is 25.8 Å². The Morgan fingerprint density at radius 2 is 2.00 bits per heavy atom. The fourth-order valence-corrected chi connectivity index (χ4v) is 1.88. The van der Waals surface area contributed by atoms with Crippen molar-refractivity contribution in [2.75, 3.05) is 7.11 Å². The van der Waals surface area contributed by atoms with Crippen LogP contribution < -0.4 is 5.32 Å². The van der Waals surface area contributed by atoms with Crippen LogP contribution in [0.1, 0.15) is 39.0 Å². The Balaban J connectivity index is 2.70. The Bertz CT molecular complexity index is 453. The van der Waals surface area contributed by atoms with Gasteiger partial charge in [0.2, 0.25) is 6.29 Å². The Kier molecular flexibility index (Phi) is 7.50. The first-order valence-electron chi connectivity index (χ1n) is 6.87. The summed E-state index contributed by atoms with van der Waals surface area (Å²) in [7, 11) is 1.51. The van der Waals surface area contributed by atoms with Gasteiger partial charge in [0.05, 0.1) is 0 Å². The second kappa shape index (κ2) is 8.87. The first kappa shape index (κ1) is 17.8. The Hall–Kier alpha value is -1.30. The molecule has 1 rings (SSSR count). The summed E-state index contributed by atoms with van der Waals surface area (Å²) in [4.78, 5) is 11.6. The Labute approximate surface area is 130 Å². The highest BCUT2D eigenvalue weighted by Gasteiger charge is 2.22. The number of benzene rings is 1. The Morgan fingerprint density at radius 3 is 2.52 bits per heavy atom. The third-order valence-electron chi connectivity index (χ3n) is 2.63. The largest absolute Gasteiger partial charge is 0.420 e. The zero-order valence-corrected chi connectivity index (χ0v) is 13.5. The van der Waals surface area contributed by atoms with E-state index in [1.807, 2.05) is 32.9 Å². The molecule has 0 aliphatic carbocycles. The van der Waals surface area contributed by atoms with Crippen LogP contribution in [0.3, 0.4) is 0 Å². The number of ether oxygens (including phenoxy) is 3. The van der Waals surface area contributed by atoms with Crippen molar-refractivity contribution < 1.29 is 19.0 Å². The highest BCUT2D eigenvalue weighted by Crippen LogP contribution is 2.27. The molecule has 0 aliphatic heterocycles. The molecule has 0 spiro atoms. The van der Waals surface area contributed by atoms with Crippen LogP contribution in [0.4, 0.5) is 4.79 Å². The van der Waals surface area contributed by atoms with Crippen molar-refractivity contribution in [3.8, 4) is 0 Å². The summed E-state index contributed by atoms with van der Waals surface area (Å²) >= 11 is 6.12. The molecule has 21 heavy (non-hydrogen) atoms. The molecule has 0 unspecified atom stereocenters. The van der Waals surface area contributed by atoms with Crippen LogP contribution in [-0.4, -0.2) is 25.5 Å². The number of halogens is 1. The van der Waals surface area contributed by atoms with Crippen molar-refractivity contribution in [2.24, 2.45) is 0 Å². The van der Waals surface area contributed by atoms with Gasteiger partial charge in [0.1, 0.15) is 0 Å². The summed E-state index contributed by atoms with van der Waals surface area (Å²) in [5.41, 5.74) is 0.688. The van der Waals surface area contributed by atoms with E-state index in [0.717, 1.165) is 0 Å². The van der Waals surface area contributed by atoms with E-state index in [1.165, 1.54) is 7.11 Å². The molecule has 2 atom stereocenters. The SMILES string of the molecule is CC[C@H](OC(=O)NC(C)C)O[C@H](OC)c1ccccc1Cl. The van der Waals surface area contributed by atoms with E-state index in [-0.39, 0.29) is 6.04 Å². The molecule has 0 aromatic heterocycles. The maximum Gasteiger partial charge on any atom is 0.409 e. The summed E-state index contributed by atoms with van der Waals surface area (Å²) in [6.45, 7) is 5.56. The number of carbonyl (C=O) groups excluding carboxylic acids is 1. The van der Waals surface area contributed by atoms with Crippen LogP contribution in [-0.2, 0) is 14.2 Å². The van der Waals surface area contributed by atoms with E-state index >= 15 is 0 Å². The molecule has 0 fully saturated rings. The van der Waals surface area contributed by atoms with Gasteiger partial charge < -0.3 is 19.5 Å². The van der Waals surface area contributed by atoms with E-state index in [1.54, 1.807) is 12.1 Å². The predicted octanol–water partition coefficient (Wildman–Crippen LogP) is 3.87. The van der Waals surface area contributed by atoms with Crippen LogP contribution in [0.5, 0.6) is 0 Å². The summed E-state index contributed by atoms with van der Waals surface area (Å²) in [6.07, 6.45) is -1.44.